The summed E-state index contributed by atoms with van der Waals surface area (Å²) in [7, 11) is 1.32. The summed E-state index contributed by atoms with van der Waals surface area (Å²) in [5, 5.41) is 5.18. The van der Waals surface area contributed by atoms with Crippen molar-refractivity contribution in [3.05, 3.63) is 75.7 Å². The molecule has 0 bridgehead atoms. The number of carbonyl (C=O) groups is 2. The first-order valence-electron chi connectivity index (χ1n) is 10.1. The van der Waals surface area contributed by atoms with Crippen molar-refractivity contribution in [1.29, 1.82) is 0 Å². The monoisotopic (exact) mass is 488 g/mol. The molecule has 178 valence electrons. The van der Waals surface area contributed by atoms with Crippen LogP contribution in [-0.2, 0) is 27.4 Å². The van der Waals surface area contributed by atoms with E-state index in [0.717, 1.165) is 11.3 Å². The Morgan fingerprint density at radius 1 is 1.18 bits per heavy atom. The first kappa shape index (κ1) is 24.8. The highest BCUT2D eigenvalue weighted by Crippen LogP contribution is 2.29. The van der Waals surface area contributed by atoms with Gasteiger partial charge in [-0.1, -0.05) is 24.3 Å². The third-order valence-corrected chi connectivity index (χ3v) is 5.41. The van der Waals surface area contributed by atoms with Crippen molar-refractivity contribution in [3.8, 4) is 11.5 Å². The molecule has 2 aromatic carbocycles. The molecule has 0 saturated carbocycles. The minimum atomic E-state index is -2.97. The molecule has 0 saturated heterocycles. The van der Waals surface area contributed by atoms with Gasteiger partial charge in [-0.2, -0.15) is 8.78 Å². The number of rotatable bonds is 10. The molecule has 0 unspecified atom stereocenters. The van der Waals surface area contributed by atoms with Crippen molar-refractivity contribution >= 4 is 35.0 Å². The number of carbonyl (C=O) groups excluding carboxylic acids is 2. The number of benzene rings is 2. The first-order valence-corrected chi connectivity index (χ1v) is 11.0. The van der Waals surface area contributed by atoms with Crippen LogP contribution in [-0.4, -0.2) is 30.6 Å². The van der Waals surface area contributed by atoms with E-state index in [9.17, 15) is 18.4 Å². The second-order valence-corrected chi connectivity index (χ2v) is 7.94. The van der Waals surface area contributed by atoms with E-state index in [1.807, 2.05) is 31.2 Å². The summed E-state index contributed by atoms with van der Waals surface area (Å²) in [5.41, 5.74) is 2.77. The fourth-order valence-corrected chi connectivity index (χ4v) is 3.66. The van der Waals surface area contributed by atoms with Crippen LogP contribution in [0.25, 0.3) is 6.08 Å². The Morgan fingerprint density at radius 2 is 1.97 bits per heavy atom. The Labute approximate surface area is 199 Å². The number of nitrogens with one attached hydrogen (secondary N) is 1. The minimum absolute atomic E-state index is 0.0520. The Kier molecular flexibility index (Phi) is 8.69. The number of alkyl halides is 2. The molecule has 0 aliphatic rings. The Balaban J connectivity index is 1.49. The standard InChI is InChI=1S/C24H22F2N2O5S/c1-15-5-3-4-6-18(15)28-21(29)12-22-27-17(14-34-22)13-32-23(30)10-8-16-7-9-19(33-24(25)26)20(11-16)31-2/h3-11,14,24H,12-13H2,1-2H3,(H,28,29). The van der Waals surface area contributed by atoms with E-state index in [0.29, 0.717) is 16.3 Å². The number of amides is 1. The molecule has 0 aliphatic heterocycles. The summed E-state index contributed by atoms with van der Waals surface area (Å²) in [5.74, 6) is -0.796. The zero-order valence-corrected chi connectivity index (χ0v) is 19.2. The number of halogens is 2. The molecule has 34 heavy (non-hydrogen) atoms. The SMILES string of the molecule is COc1cc(C=CC(=O)OCc2csc(CC(=O)Nc3ccccc3C)n2)ccc1OC(F)F. The van der Waals surface area contributed by atoms with Crippen LogP contribution in [0.4, 0.5) is 14.5 Å². The molecule has 1 heterocycles. The van der Waals surface area contributed by atoms with Crippen molar-refractivity contribution < 1.29 is 32.6 Å². The fraction of sp³-hybridized carbons (Fsp3) is 0.208. The lowest BCUT2D eigenvalue weighted by molar-refractivity contribution is -0.139. The largest absolute Gasteiger partial charge is 0.493 e. The van der Waals surface area contributed by atoms with E-state index < -0.39 is 12.6 Å². The molecule has 3 aromatic rings. The van der Waals surface area contributed by atoms with E-state index in [-0.39, 0.29) is 30.4 Å². The third-order valence-electron chi connectivity index (χ3n) is 4.51. The molecule has 0 radical (unpaired) electrons. The number of nitrogens with zero attached hydrogens (tertiary/aromatic N) is 1. The highest BCUT2D eigenvalue weighted by Gasteiger charge is 2.12. The van der Waals surface area contributed by atoms with Crippen molar-refractivity contribution in [2.24, 2.45) is 0 Å². The lowest BCUT2D eigenvalue weighted by atomic mass is 10.2. The Hall–Kier alpha value is -3.79. The number of anilines is 1. The van der Waals surface area contributed by atoms with E-state index in [1.54, 1.807) is 5.38 Å². The zero-order valence-electron chi connectivity index (χ0n) is 18.4. The van der Waals surface area contributed by atoms with Gasteiger partial charge in [0, 0.05) is 17.1 Å². The summed E-state index contributed by atoms with van der Waals surface area (Å²) in [6.45, 7) is -1.12. The maximum Gasteiger partial charge on any atom is 0.387 e. The predicted octanol–water partition coefficient (Wildman–Crippen LogP) is 5.00. The summed E-state index contributed by atoms with van der Waals surface area (Å²) in [6, 6.07) is 11.8. The molecule has 1 N–H and O–H groups in total. The number of thiazole rings is 1. The second kappa shape index (κ2) is 11.9. The average Bonchev–Trinajstić information content (AvgIpc) is 3.25. The van der Waals surface area contributed by atoms with Crippen LogP contribution >= 0.6 is 11.3 Å². The van der Waals surface area contributed by atoms with Crippen LogP contribution in [0.15, 0.2) is 53.9 Å². The van der Waals surface area contributed by atoms with Crippen molar-refractivity contribution in [1.82, 2.24) is 4.98 Å². The molecule has 1 aromatic heterocycles. The lowest BCUT2D eigenvalue weighted by Crippen LogP contribution is -2.15. The fourth-order valence-electron chi connectivity index (χ4n) is 2.88. The number of para-hydroxylation sites is 1. The number of aromatic nitrogens is 1. The van der Waals surface area contributed by atoms with Gasteiger partial charge in [0.15, 0.2) is 11.5 Å². The van der Waals surface area contributed by atoms with Crippen LogP contribution in [0.1, 0.15) is 21.8 Å². The Bertz CT molecular complexity index is 1180. The van der Waals surface area contributed by atoms with Gasteiger partial charge in [0.1, 0.15) is 11.6 Å². The second-order valence-electron chi connectivity index (χ2n) is 7.00. The summed E-state index contributed by atoms with van der Waals surface area (Å²) in [6.07, 6.45) is 2.77. The molecule has 0 spiro atoms. The van der Waals surface area contributed by atoms with E-state index in [4.69, 9.17) is 9.47 Å². The van der Waals surface area contributed by atoms with Gasteiger partial charge in [0.05, 0.1) is 19.2 Å². The van der Waals surface area contributed by atoms with Gasteiger partial charge in [-0.3, -0.25) is 4.79 Å². The first-order chi connectivity index (χ1) is 16.3. The molecule has 1 amide bonds. The molecule has 10 heteroatoms. The van der Waals surface area contributed by atoms with Gasteiger partial charge in [-0.25, -0.2) is 9.78 Å². The molecule has 3 rings (SSSR count). The number of methoxy groups -OCH3 is 1. The molecule has 0 atom stereocenters. The van der Waals surface area contributed by atoms with Crippen LogP contribution in [0.2, 0.25) is 0 Å². The topological polar surface area (TPSA) is 86.8 Å². The van der Waals surface area contributed by atoms with Crippen molar-refractivity contribution in [3.63, 3.8) is 0 Å². The molecular formula is C24H22F2N2O5S. The summed E-state index contributed by atoms with van der Waals surface area (Å²) in [4.78, 5) is 28.6. The molecule has 0 fully saturated rings. The Morgan fingerprint density at radius 3 is 2.71 bits per heavy atom. The minimum Gasteiger partial charge on any atom is -0.493 e. The van der Waals surface area contributed by atoms with Gasteiger partial charge < -0.3 is 19.5 Å². The number of esters is 1. The quantitative estimate of drug-likeness (QED) is 0.319. The third kappa shape index (κ3) is 7.38. The lowest BCUT2D eigenvalue weighted by Gasteiger charge is -2.10. The van der Waals surface area contributed by atoms with E-state index in [1.165, 1.54) is 48.8 Å². The number of hydrogen-bond acceptors (Lipinski definition) is 7. The van der Waals surface area contributed by atoms with Crippen LogP contribution in [0.5, 0.6) is 11.5 Å². The number of ether oxygens (including phenoxy) is 3. The smallest absolute Gasteiger partial charge is 0.387 e. The normalized spacial score (nSPS) is 11.0. The number of aryl methyl sites for hydroxylation is 1. The highest BCUT2D eigenvalue weighted by atomic mass is 32.1. The van der Waals surface area contributed by atoms with Gasteiger partial charge >= 0.3 is 12.6 Å². The molecule has 7 nitrogen and oxygen atoms in total. The average molecular weight is 489 g/mol. The molecule has 0 aliphatic carbocycles. The van der Waals surface area contributed by atoms with Crippen LogP contribution in [0, 0.1) is 6.92 Å². The van der Waals surface area contributed by atoms with Crippen molar-refractivity contribution in [2.45, 2.75) is 26.6 Å². The predicted molar refractivity (Wildman–Crippen MR) is 124 cm³/mol. The van der Waals surface area contributed by atoms with Gasteiger partial charge in [-0.05, 0) is 42.3 Å². The zero-order chi connectivity index (χ0) is 24.5. The van der Waals surface area contributed by atoms with E-state index >= 15 is 0 Å². The molecular weight excluding hydrogens is 466 g/mol. The summed E-state index contributed by atoms with van der Waals surface area (Å²) < 4.78 is 39.4. The number of hydrogen-bond donors (Lipinski definition) is 1. The van der Waals surface area contributed by atoms with Gasteiger partial charge in [-0.15, -0.1) is 11.3 Å². The maximum atomic E-state index is 12.4. The van der Waals surface area contributed by atoms with Crippen LogP contribution < -0.4 is 14.8 Å². The maximum absolute atomic E-state index is 12.4. The van der Waals surface area contributed by atoms with Crippen LogP contribution in [0.3, 0.4) is 0 Å². The highest BCUT2D eigenvalue weighted by molar-refractivity contribution is 7.09. The van der Waals surface area contributed by atoms with E-state index in [2.05, 4.69) is 15.0 Å². The van der Waals surface area contributed by atoms with Crippen molar-refractivity contribution in [2.75, 3.05) is 12.4 Å². The van der Waals surface area contributed by atoms with Gasteiger partial charge in [0.2, 0.25) is 5.91 Å². The summed E-state index contributed by atoms with van der Waals surface area (Å²) >= 11 is 1.30. The van der Waals surface area contributed by atoms with Gasteiger partial charge in [0.25, 0.3) is 0 Å².